The zero-order valence-electron chi connectivity index (χ0n) is 19.0. The second kappa shape index (κ2) is 7.83. The van der Waals surface area contributed by atoms with E-state index in [2.05, 4.69) is 43.6 Å². The lowest BCUT2D eigenvalue weighted by atomic mass is 9.61. The van der Waals surface area contributed by atoms with Crippen LogP contribution in [0.25, 0.3) is 0 Å². The van der Waals surface area contributed by atoms with Gasteiger partial charge in [0, 0.05) is 11.8 Å². The molecule has 0 spiro atoms. The van der Waals surface area contributed by atoms with Crippen LogP contribution >= 0.6 is 0 Å². The zero-order valence-corrected chi connectivity index (χ0v) is 19.0. The van der Waals surface area contributed by atoms with Gasteiger partial charge in [-0.2, -0.15) is 0 Å². The maximum Gasteiger partial charge on any atom is 0.125 e. The van der Waals surface area contributed by atoms with E-state index in [1.165, 1.54) is 31.3 Å². The molecule has 3 saturated carbocycles. The first-order chi connectivity index (χ1) is 14.1. The molecule has 0 amide bonds. The lowest BCUT2D eigenvalue weighted by Crippen LogP contribution is -2.33. The number of hydrogen-bond acceptors (Lipinski definition) is 1. The van der Waals surface area contributed by atoms with Gasteiger partial charge in [-0.05, 0) is 94.1 Å². The van der Waals surface area contributed by atoms with Gasteiger partial charge in [-0.25, -0.2) is 4.39 Å². The standard InChI is InChI=1S/C28H37FO/c1-20-21(8-5-10-24(20)29)11-12-22-9-6-16-27(4)23(22)13-14-25(27)28(18-19-28)17-7-15-26(2,3)30/h11-12,14,23-24,30H,1,5-6,8-10,13,16-19H2,2-4H3/b21-11-,22-12+. The predicted octanol–water partition coefficient (Wildman–Crippen LogP) is 7.00. The summed E-state index contributed by atoms with van der Waals surface area (Å²) in [5.41, 5.74) is 4.53. The van der Waals surface area contributed by atoms with Gasteiger partial charge in [-0.3, -0.25) is 0 Å². The van der Waals surface area contributed by atoms with Crippen LogP contribution in [0.4, 0.5) is 4.39 Å². The van der Waals surface area contributed by atoms with E-state index in [1.807, 2.05) is 0 Å². The smallest absolute Gasteiger partial charge is 0.125 e. The molecule has 3 unspecified atom stereocenters. The van der Waals surface area contributed by atoms with Crippen LogP contribution in [0.15, 0.2) is 47.1 Å². The number of allylic oxidation sites excluding steroid dienone is 7. The highest BCUT2D eigenvalue weighted by molar-refractivity contribution is 5.42. The maximum atomic E-state index is 14.0. The Balaban J connectivity index is 1.53. The van der Waals surface area contributed by atoms with Crippen molar-refractivity contribution in [3.05, 3.63) is 47.1 Å². The van der Waals surface area contributed by atoms with E-state index in [0.717, 1.165) is 37.7 Å². The summed E-state index contributed by atoms with van der Waals surface area (Å²) in [6.07, 6.45) is 16.7. The minimum absolute atomic E-state index is 0.224. The third-order valence-corrected chi connectivity index (χ3v) is 7.99. The zero-order chi connectivity index (χ0) is 21.6. The van der Waals surface area contributed by atoms with Crippen molar-refractivity contribution >= 4 is 0 Å². The average molecular weight is 409 g/mol. The molecule has 0 radical (unpaired) electrons. The molecular formula is C28H37FO. The van der Waals surface area contributed by atoms with Crippen molar-refractivity contribution in [2.45, 2.75) is 96.8 Å². The molecule has 0 aromatic heterocycles. The van der Waals surface area contributed by atoms with Crippen molar-refractivity contribution in [1.82, 2.24) is 0 Å². The Hall–Kier alpha value is -1.59. The van der Waals surface area contributed by atoms with E-state index < -0.39 is 11.8 Å². The minimum Gasteiger partial charge on any atom is -0.378 e. The summed E-state index contributed by atoms with van der Waals surface area (Å²) in [4.78, 5) is 0. The van der Waals surface area contributed by atoms with Crippen LogP contribution < -0.4 is 0 Å². The molecule has 1 nitrogen and oxygen atoms in total. The number of rotatable bonds is 3. The van der Waals surface area contributed by atoms with Gasteiger partial charge in [0.15, 0.2) is 0 Å². The lowest BCUT2D eigenvalue weighted by molar-refractivity contribution is 0.143. The first kappa shape index (κ1) is 21.6. The van der Waals surface area contributed by atoms with E-state index in [0.29, 0.717) is 17.9 Å². The first-order valence-corrected chi connectivity index (χ1v) is 11.8. The van der Waals surface area contributed by atoms with Crippen molar-refractivity contribution in [1.29, 1.82) is 0 Å². The largest absolute Gasteiger partial charge is 0.378 e. The minimum atomic E-state index is -0.914. The summed E-state index contributed by atoms with van der Waals surface area (Å²) < 4.78 is 14.0. The molecule has 162 valence electrons. The average Bonchev–Trinajstić information content (AvgIpc) is 3.35. The van der Waals surface area contributed by atoms with E-state index >= 15 is 0 Å². The van der Waals surface area contributed by atoms with Crippen molar-refractivity contribution in [3.8, 4) is 11.8 Å². The van der Waals surface area contributed by atoms with Gasteiger partial charge in [0.1, 0.15) is 11.8 Å². The molecule has 4 rings (SSSR count). The van der Waals surface area contributed by atoms with Crippen molar-refractivity contribution < 1.29 is 9.50 Å². The molecule has 0 aromatic rings. The Labute approximate surface area is 182 Å². The van der Waals surface area contributed by atoms with E-state index in [4.69, 9.17) is 0 Å². The Bertz CT molecular complexity index is 865. The van der Waals surface area contributed by atoms with Crippen LogP contribution in [0.1, 0.15) is 85.0 Å². The lowest BCUT2D eigenvalue weighted by Gasteiger charge is -2.43. The molecule has 1 N–H and O–H groups in total. The monoisotopic (exact) mass is 408 g/mol. The van der Waals surface area contributed by atoms with Crippen LogP contribution in [0, 0.1) is 28.6 Å². The molecule has 30 heavy (non-hydrogen) atoms. The summed E-state index contributed by atoms with van der Waals surface area (Å²) in [5, 5.41) is 9.94. The van der Waals surface area contributed by atoms with Crippen LogP contribution in [0.5, 0.6) is 0 Å². The number of halogens is 1. The third-order valence-electron chi connectivity index (χ3n) is 7.99. The van der Waals surface area contributed by atoms with E-state index in [-0.39, 0.29) is 10.8 Å². The van der Waals surface area contributed by atoms with Gasteiger partial charge in [0.05, 0.1) is 0 Å². The third kappa shape index (κ3) is 4.11. The van der Waals surface area contributed by atoms with E-state index in [9.17, 15) is 9.50 Å². The van der Waals surface area contributed by atoms with Gasteiger partial charge in [0.25, 0.3) is 0 Å². The summed E-state index contributed by atoms with van der Waals surface area (Å²) >= 11 is 0. The molecule has 0 saturated heterocycles. The molecule has 3 atom stereocenters. The van der Waals surface area contributed by atoms with Crippen LogP contribution in [-0.2, 0) is 0 Å². The first-order valence-electron chi connectivity index (χ1n) is 11.8. The quantitative estimate of drug-likeness (QED) is 0.394. The number of hydrogen-bond donors (Lipinski definition) is 1. The van der Waals surface area contributed by atoms with Crippen LogP contribution in [0.3, 0.4) is 0 Å². The van der Waals surface area contributed by atoms with Gasteiger partial charge in [-0.1, -0.05) is 54.7 Å². The Morgan fingerprint density at radius 2 is 2.00 bits per heavy atom. The highest BCUT2D eigenvalue weighted by Gasteiger charge is 2.56. The molecule has 0 aliphatic heterocycles. The molecule has 0 heterocycles. The van der Waals surface area contributed by atoms with Crippen LogP contribution in [0.2, 0.25) is 0 Å². The molecular weight excluding hydrogens is 371 g/mol. The van der Waals surface area contributed by atoms with Gasteiger partial charge < -0.3 is 5.11 Å². The fourth-order valence-electron chi connectivity index (χ4n) is 6.17. The van der Waals surface area contributed by atoms with E-state index in [1.54, 1.807) is 19.4 Å². The molecule has 4 aliphatic carbocycles. The SMILES string of the molecule is C=C1/C(=C\C=C2/CCCC3(C)C(C4(CC#CC(C)(C)O)CC4)=CCC23)CCCC1F. The van der Waals surface area contributed by atoms with Crippen LogP contribution in [-0.4, -0.2) is 16.9 Å². The van der Waals surface area contributed by atoms with Gasteiger partial charge >= 0.3 is 0 Å². The molecule has 3 fully saturated rings. The molecule has 2 heteroatoms. The molecule has 0 aromatic carbocycles. The Kier molecular flexibility index (Phi) is 5.65. The normalized spacial score (nSPS) is 35.6. The van der Waals surface area contributed by atoms with Crippen molar-refractivity contribution in [3.63, 3.8) is 0 Å². The van der Waals surface area contributed by atoms with Gasteiger partial charge in [0.2, 0.25) is 0 Å². The Morgan fingerprint density at radius 3 is 2.70 bits per heavy atom. The predicted molar refractivity (Wildman–Crippen MR) is 123 cm³/mol. The highest BCUT2D eigenvalue weighted by atomic mass is 19.1. The summed E-state index contributed by atoms with van der Waals surface area (Å²) in [5.74, 6) is 6.88. The van der Waals surface area contributed by atoms with Crippen molar-refractivity contribution in [2.24, 2.45) is 16.7 Å². The van der Waals surface area contributed by atoms with Crippen molar-refractivity contribution in [2.75, 3.05) is 0 Å². The summed E-state index contributed by atoms with van der Waals surface area (Å²) in [6.45, 7) is 9.98. The maximum absolute atomic E-state index is 14.0. The second-order valence-electron chi connectivity index (χ2n) is 10.8. The number of fused-ring (bicyclic) bond motifs is 1. The summed E-state index contributed by atoms with van der Waals surface area (Å²) in [7, 11) is 0. The topological polar surface area (TPSA) is 20.2 Å². The highest BCUT2D eigenvalue weighted by Crippen LogP contribution is 2.67. The fraction of sp³-hybridized carbons (Fsp3) is 0.643. The summed E-state index contributed by atoms with van der Waals surface area (Å²) in [6, 6.07) is 0. The molecule has 4 aliphatic rings. The molecule has 0 bridgehead atoms. The Morgan fingerprint density at radius 1 is 1.23 bits per heavy atom. The number of alkyl halides is 1. The second-order valence-corrected chi connectivity index (χ2v) is 10.8. The fourth-order valence-corrected chi connectivity index (χ4v) is 6.17. The van der Waals surface area contributed by atoms with Gasteiger partial charge in [-0.15, -0.1) is 0 Å². The number of aliphatic hydroxyl groups is 1.